The predicted molar refractivity (Wildman–Crippen MR) is 94.0 cm³/mol. The number of thiophene rings is 1. The van der Waals surface area contributed by atoms with Crippen molar-refractivity contribution < 1.29 is 17.2 Å². The summed E-state index contributed by atoms with van der Waals surface area (Å²) in [6.45, 7) is 1.93. The average molecular weight is 379 g/mol. The van der Waals surface area contributed by atoms with E-state index in [9.17, 15) is 17.2 Å². The monoisotopic (exact) mass is 379 g/mol. The minimum Gasteiger partial charge on any atom is -0.207 e. The van der Waals surface area contributed by atoms with Gasteiger partial charge in [-0.25, -0.2) is 17.2 Å². The highest BCUT2D eigenvalue weighted by Crippen LogP contribution is 2.29. The lowest BCUT2D eigenvalue weighted by molar-refractivity contribution is 0.541. The average Bonchev–Trinajstić information content (AvgIpc) is 3.10. The highest BCUT2D eigenvalue weighted by atomic mass is 32.2. The first-order valence-corrected chi connectivity index (χ1v) is 9.80. The molecule has 0 aliphatic heterocycles. The van der Waals surface area contributed by atoms with Crippen LogP contribution in [-0.2, 0) is 10.0 Å². The summed E-state index contributed by atoms with van der Waals surface area (Å²) in [4.78, 5) is 0.0467. The third-order valence-corrected chi connectivity index (χ3v) is 6.07. The molecule has 0 bridgehead atoms. The maximum absolute atomic E-state index is 13.9. The summed E-state index contributed by atoms with van der Waals surface area (Å²) < 4.78 is 55.1. The molecule has 0 radical (unpaired) electrons. The molecule has 0 spiro atoms. The summed E-state index contributed by atoms with van der Waals surface area (Å²) in [6, 6.07) is 12.6. The number of rotatable bonds is 5. The quantitative estimate of drug-likeness (QED) is 0.714. The van der Waals surface area contributed by atoms with Crippen molar-refractivity contribution in [1.82, 2.24) is 4.72 Å². The molecule has 0 aliphatic rings. The summed E-state index contributed by atoms with van der Waals surface area (Å²) in [5.74, 6) is -1.81. The SMILES string of the molecule is Cc1ccc([C@H](NS(=O)(=O)c2cc(F)ccc2F)c2cccs2)cc1. The van der Waals surface area contributed by atoms with Gasteiger partial charge >= 0.3 is 0 Å². The van der Waals surface area contributed by atoms with Gasteiger partial charge in [-0.3, -0.25) is 0 Å². The molecule has 3 nitrogen and oxygen atoms in total. The predicted octanol–water partition coefficient (Wildman–Crippen LogP) is 4.40. The molecule has 0 unspecified atom stereocenters. The van der Waals surface area contributed by atoms with E-state index in [2.05, 4.69) is 4.72 Å². The first-order chi connectivity index (χ1) is 11.9. The molecular formula is C18H15F2NO2S2. The molecule has 7 heteroatoms. The van der Waals surface area contributed by atoms with Crippen molar-refractivity contribution in [3.8, 4) is 0 Å². The Kier molecular flexibility index (Phi) is 4.99. The van der Waals surface area contributed by atoms with Crippen molar-refractivity contribution in [2.45, 2.75) is 17.9 Å². The molecule has 0 saturated heterocycles. The van der Waals surface area contributed by atoms with Gasteiger partial charge in [-0.2, -0.15) is 4.72 Å². The molecule has 2 aromatic carbocycles. The number of halogens is 2. The van der Waals surface area contributed by atoms with Gasteiger partial charge in [-0.05, 0) is 42.1 Å². The van der Waals surface area contributed by atoms with E-state index in [1.54, 1.807) is 12.1 Å². The van der Waals surface area contributed by atoms with Gasteiger partial charge in [0, 0.05) is 4.88 Å². The standard InChI is InChI=1S/C18H15F2NO2S2/c1-12-4-6-13(7-5-12)18(16-3-2-10-24-16)21-25(22,23)17-11-14(19)8-9-15(17)20/h2-11,18,21H,1H3/t18-/m0/s1. The second-order valence-electron chi connectivity index (χ2n) is 5.56. The van der Waals surface area contributed by atoms with Gasteiger partial charge in [-0.15, -0.1) is 11.3 Å². The van der Waals surface area contributed by atoms with Crippen LogP contribution in [0.2, 0.25) is 0 Å². The molecule has 1 aromatic heterocycles. The van der Waals surface area contributed by atoms with E-state index in [0.717, 1.165) is 22.6 Å². The first kappa shape index (κ1) is 17.7. The zero-order valence-corrected chi connectivity index (χ0v) is 14.9. The molecule has 0 saturated carbocycles. The molecule has 0 aliphatic carbocycles. The fourth-order valence-electron chi connectivity index (χ4n) is 2.41. The lowest BCUT2D eigenvalue weighted by Gasteiger charge is -2.19. The van der Waals surface area contributed by atoms with Crippen LogP contribution in [0.25, 0.3) is 0 Å². The summed E-state index contributed by atoms with van der Waals surface area (Å²) in [5, 5.41) is 1.83. The maximum Gasteiger partial charge on any atom is 0.244 e. The smallest absolute Gasteiger partial charge is 0.207 e. The Morgan fingerprint density at radius 1 is 1.04 bits per heavy atom. The number of nitrogens with one attached hydrogen (secondary N) is 1. The van der Waals surface area contributed by atoms with Crippen molar-refractivity contribution in [1.29, 1.82) is 0 Å². The van der Waals surface area contributed by atoms with E-state index in [1.165, 1.54) is 11.3 Å². The van der Waals surface area contributed by atoms with Crippen molar-refractivity contribution >= 4 is 21.4 Å². The second-order valence-corrected chi connectivity index (χ2v) is 8.22. The second kappa shape index (κ2) is 7.03. The normalized spacial score (nSPS) is 12.9. The summed E-state index contributed by atoms with van der Waals surface area (Å²) in [7, 11) is -4.26. The number of benzene rings is 2. The third-order valence-electron chi connectivity index (χ3n) is 3.69. The van der Waals surface area contributed by atoms with E-state index < -0.39 is 32.6 Å². The molecule has 0 fully saturated rings. The van der Waals surface area contributed by atoms with Gasteiger partial charge in [-0.1, -0.05) is 35.9 Å². The number of hydrogen-bond acceptors (Lipinski definition) is 3. The van der Waals surface area contributed by atoms with Crippen LogP contribution in [0.5, 0.6) is 0 Å². The fraction of sp³-hybridized carbons (Fsp3) is 0.111. The Morgan fingerprint density at radius 3 is 2.40 bits per heavy atom. The highest BCUT2D eigenvalue weighted by molar-refractivity contribution is 7.89. The Morgan fingerprint density at radius 2 is 1.76 bits per heavy atom. The van der Waals surface area contributed by atoms with Crippen LogP contribution in [0, 0.1) is 18.6 Å². The van der Waals surface area contributed by atoms with E-state index in [0.29, 0.717) is 11.6 Å². The summed E-state index contributed by atoms with van der Waals surface area (Å²) in [6.07, 6.45) is 0. The van der Waals surface area contributed by atoms with Crippen LogP contribution in [0.4, 0.5) is 8.78 Å². The molecule has 130 valence electrons. The van der Waals surface area contributed by atoms with Crippen LogP contribution in [0.15, 0.2) is 64.9 Å². The Balaban J connectivity index is 2.03. The number of sulfonamides is 1. The lowest BCUT2D eigenvalue weighted by atomic mass is 10.0. The third kappa shape index (κ3) is 3.95. The molecular weight excluding hydrogens is 364 g/mol. The van der Waals surface area contributed by atoms with E-state index >= 15 is 0 Å². The van der Waals surface area contributed by atoms with Crippen LogP contribution < -0.4 is 4.72 Å². The molecule has 3 rings (SSSR count). The minimum absolute atomic E-state index is 0.679. The minimum atomic E-state index is -4.26. The molecule has 1 heterocycles. The van der Waals surface area contributed by atoms with Crippen molar-refractivity contribution in [3.63, 3.8) is 0 Å². The molecule has 25 heavy (non-hydrogen) atoms. The molecule has 1 N–H and O–H groups in total. The molecule has 0 amide bonds. The van der Waals surface area contributed by atoms with Crippen molar-refractivity contribution in [2.75, 3.05) is 0 Å². The van der Waals surface area contributed by atoms with Gasteiger partial charge in [0.05, 0.1) is 6.04 Å². The maximum atomic E-state index is 13.9. The molecule has 1 atom stereocenters. The van der Waals surface area contributed by atoms with Gasteiger partial charge in [0.1, 0.15) is 16.5 Å². The zero-order valence-electron chi connectivity index (χ0n) is 13.2. The van der Waals surface area contributed by atoms with E-state index in [1.807, 2.05) is 36.6 Å². The Bertz CT molecular complexity index is 969. The number of hydrogen-bond donors (Lipinski definition) is 1. The Labute approximate surface area is 149 Å². The highest BCUT2D eigenvalue weighted by Gasteiger charge is 2.26. The van der Waals surface area contributed by atoms with Gasteiger partial charge in [0.15, 0.2) is 0 Å². The van der Waals surface area contributed by atoms with E-state index in [4.69, 9.17) is 0 Å². The fourth-order valence-corrected chi connectivity index (χ4v) is 4.58. The van der Waals surface area contributed by atoms with Crippen LogP contribution in [0.1, 0.15) is 22.0 Å². The van der Waals surface area contributed by atoms with Gasteiger partial charge in [0.25, 0.3) is 0 Å². The lowest BCUT2D eigenvalue weighted by Crippen LogP contribution is -2.29. The molecule has 3 aromatic rings. The van der Waals surface area contributed by atoms with Crippen LogP contribution in [0.3, 0.4) is 0 Å². The van der Waals surface area contributed by atoms with Crippen LogP contribution >= 0.6 is 11.3 Å². The largest absolute Gasteiger partial charge is 0.244 e. The van der Waals surface area contributed by atoms with Crippen LogP contribution in [-0.4, -0.2) is 8.42 Å². The zero-order chi connectivity index (χ0) is 18.0. The van der Waals surface area contributed by atoms with Crippen molar-refractivity contribution in [3.05, 3.63) is 87.6 Å². The van der Waals surface area contributed by atoms with Gasteiger partial charge < -0.3 is 0 Å². The van der Waals surface area contributed by atoms with E-state index in [-0.39, 0.29) is 0 Å². The Hall–Kier alpha value is -2.09. The number of aryl methyl sites for hydroxylation is 1. The summed E-state index contributed by atoms with van der Waals surface area (Å²) >= 11 is 1.38. The van der Waals surface area contributed by atoms with Crippen molar-refractivity contribution in [2.24, 2.45) is 0 Å². The first-order valence-electron chi connectivity index (χ1n) is 7.44. The summed E-state index contributed by atoms with van der Waals surface area (Å²) in [5.41, 5.74) is 1.75. The topological polar surface area (TPSA) is 46.2 Å². The van der Waals surface area contributed by atoms with Gasteiger partial charge in [0.2, 0.25) is 10.0 Å².